The molecule has 5 heteroatoms. The molecular weight excluding hydrogens is 429 g/mol. The summed E-state index contributed by atoms with van der Waals surface area (Å²) in [6.07, 6.45) is 31.2. The number of nitrogens with two attached hydrogens (primary N) is 1. The fourth-order valence-electron chi connectivity index (χ4n) is 4.31. The molecule has 200 valence electrons. The molecule has 0 aromatic rings. The predicted octanol–water partition coefficient (Wildman–Crippen LogP) is 10.5. The zero-order valence-corrected chi connectivity index (χ0v) is 23.5. The first-order chi connectivity index (χ1) is 16.1. The van der Waals surface area contributed by atoms with Gasteiger partial charge < -0.3 is 0 Å². The molecule has 0 heterocycles. The fourth-order valence-corrected chi connectivity index (χ4v) is 5.15. The van der Waals surface area contributed by atoms with Crippen LogP contribution in [0.25, 0.3) is 0 Å². The monoisotopic (exact) mass is 489 g/mol. The number of rotatable bonds is 28. The lowest BCUT2D eigenvalue weighted by atomic mass is 10.1. The third-order valence-electron chi connectivity index (χ3n) is 6.54. The van der Waals surface area contributed by atoms with Crippen molar-refractivity contribution in [2.75, 3.05) is 13.2 Å². The Morgan fingerprint density at radius 2 is 0.636 bits per heavy atom. The predicted molar refractivity (Wildman–Crippen MR) is 146 cm³/mol. The second kappa shape index (κ2) is 26.7. The van der Waals surface area contributed by atoms with E-state index in [9.17, 15) is 4.57 Å². The van der Waals surface area contributed by atoms with Crippen molar-refractivity contribution in [3.05, 3.63) is 0 Å². The highest BCUT2D eigenvalue weighted by Crippen LogP contribution is 2.39. The van der Waals surface area contributed by atoms with E-state index in [-0.39, 0.29) is 0 Å². The lowest BCUT2D eigenvalue weighted by Crippen LogP contribution is -2.06. The van der Waals surface area contributed by atoms with Gasteiger partial charge in [-0.25, -0.2) is 10.1 Å². The summed E-state index contributed by atoms with van der Waals surface area (Å²) in [6, 6.07) is 0. The molecule has 0 saturated carbocycles. The van der Waals surface area contributed by atoms with Gasteiger partial charge >= 0.3 is 7.75 Å². The van der Waals surface area contributed by atoms with Crippen LogP contribution in [0.1, 0.15) is 168 Å². The van der Waals surface area contributed by atoms with Crippen LogP contribution < -0.4 is 5.50 Å². The summed E-state index contributed by atoms with van der Waals surface area (Å²) in [5.74, 6) is 0. The molecule has 0 rings (SSSR count). The van der Waals surface area contributed by atoms with Gasteiger partial charge in [0.2, 0.25) is 0 Å². The smallest absolute Gasteiger partial charge is 0.297 e. The van der Waals surface area contributed by atoms with Crippen molar-refractivity contribution >= 4 is 7.75 Å². The zero-order valence-electron chi connectivity index (χ0n) is 22.6. The maximum Gasteiger partial charge on any atom is 0.402 e. The van der Waals surface area contributed by atoms with Crippen LogP contribution in [0, 0.1) is 0 Å². The highest BCUT2D eigenvalue weighted by Gasteiger charge is 2.17. The molecular formula is C28H60NO3P. The summed E-state index contributed by atoms with van der Waals surface area (Å²) in [5, 5.41) is 0. The summed E-state index contributed by atoms with van der Waals surface area (Å²) < 4.78 is 22.8. The number of unbranched alkanes of at least 4 members (excludes halogenated alkanes) is 22. The molecule has 4 nitrogen and oxygen atoms in total. The largest absolute Gasteiger partial charge is 0.402 e. The van der Waals surface area contributed by atoms with Gasteiger partial charge in [-0.3, -0.25) is 9.05 Å². The van der Waals surface area contributed by atoms with E-state index in [4.69, 9.17) is 14.6 Å². The second-order valence-corrected chi connectivity index (χ2v) is 11.6. The van der Waals surface area contributed by atoms with Gasteiger partial charge in [0.25, 0.3) is 0 Å². The average molecular weight is 490 g/mol. The molecule has 33 heavy (non-hydrogen) atoms. The van der Waals surface area contributed by atoms with Gasteiger partial charge in [-0.2, -0.15) is 0 Å². The van der Waals surface area contributed by atoms with E-state index >= 15 is 0 Å². The van der Waals surface area contributed by atoms with E-state index in [1.807, 2.05) is 0 Å². The van der Waals surface area contributed by atoms with E-state index < -0.39 is 7.75 Å². The summed E-state index contributed by atoms with van der Waals surface area (Å²) in [4.78, 5) is 0. The van der Waals surface area contributed by atoms with Crippen LogP contribution in [0.4, 0.5) is 0 Å². The van der Waals surface area contributed by atoms with Crippen LogP contribution in [-0.2, 0) is 13.6 Å². The average Bonchev–Trinajstić information content (AvgIpc) is 2.80. The fraction of sp³-hybridized carbons (Fsp3) is 1.00. The molecule has 0 bridgehead atoms. The van der Waals surface area contributed by atoms with Gasteiger partial charge in [0.05, 0.1) is 13.2 Å². The third-order valence-corrected chi connectivity index (χ3v) is 7.62. The van der Waals surface area contributed by atoms with Crippen LogP contribution in [-0.4, -0.2) is 13.2 Å². The maximum absolute atomic E-state index is 12.1. The number of hydrogen-bond acceptors (Lipinski definition) is 3. The van der Waals surface area contributed by atoms with Crippen LogP contribution in [0.2, 0.25) is 0 Å². The van der Waals surface area contributed by atoms with E-state index in [0.717, 1.165) is 25.7 Å². The Morgan fingerprint density at radius 3 is 0.879 bits per heavy atom. The molecule has 0 amide bonds. The Morgan fingerprint density at radius 1 is 0.424 bits per heavy atom. The zero-order chi connectivity index (χ0) is 24.3. The first-order valence-electron chi connectivity index (χ1n) is 14.8. The van der Waals surface area contributed by atoms with Crippen LogP contribution >= 0.6 is 7.75 Å². The minimum Gasteiger partial charge on any atom is -0.297 e. The quantitative estimate of drug-likeness (QED) is 0.0876. The Hall–Kier alpha value is 0.110. The Kier molecular flexibility index (Phi) is 26.8. The Balaban J connectivity index is 3.29. The normalized spacial score (nSPS) is 12.0. The molecule has 0 unspecified atom stereocenters. The van der Waals surface area contributed by atoms with Gasteiger partial charge in [-0.05, 0) is 12.8 Å². The molecule has 0 aliphatic carbocycles. The van der Waals surface area contributed by atoms with E-state index in [1.165, 1.54) is 128 Å². The van der Waals surface area contributed by atoms with Crippen LogP contribution in [0.3, 0.4) is 0 Å². The van der Waals surface area contributed by atoms with Crippen molar-refractivity contribution in [3.8, 4) is 0 Å². The second-order valence-electron chi connectivity index (χ2n) is 9.98. The molecule has 0 aliphatic rings. The van der Waals surface area contributed by atoms with Crippen molar-refractivity contribution < 1.29 is 13.6 Å². The molecule has 0 aliphatic heterocycles. The molecule has 0 spiro atoms. The van der Waals surface area contributed by atoms with E-state index in [1.54, 1.807) is 0 Å². The number of hydrogen-bond donors (Lipinski definition) is 1. The van der Waals surface area contributed by atoms with Crippen LogP contribution in [0.5, 0.6) is 0 Å². The molecule has 0 aromatic heterocycles. The van der Waals surface area contributed by atoms with Gasteiger partial charge in [-0.1, -0.05) is 155 Å². The van der Waals surface area contributed by atoms with Gasteiger partial charge in [0, 0.05) is 0 Å². The molecule has 0 aromatic carbocycles. The summed E-state index contributed by atoms with van der Waals surface area (Å²) in [6.45, 7) is 5.43. The Labute approximate surface area is 208 Å². The molecule has 2 N–H and O–H groups in total. The van der Waals surface area contributed by atoms with Crippen molar-refractivity contribution in [2.45, 2.75) is 168 Å². The Bertz CT molecular complexity index is 386. The summed E-state index contributed by atoms with van der Waals surface area (Å²) in [5.41, 5.74) is 5.71. The summed E-state index contributed by atoms with van der Waals surface area (Å²) >= 11 is 0. The third kappa shape index (κ3) is 28.2. The van der Waals surface area contributed by atoms with Crippen molar-refractivity contribution in [2.24, 2.45) is 5.50 Å². The minimum atomic E-state index is -3.36. The maximum atomic E-state index is 12.1. The van der Waals surface area contributed by atoms with E-state index in [0.29, 0.717) is 13.2 Å². The lowest BCUT2D eigenvalue weighted by molar-refractivity contribution is 0.198. The van der Waals surface area contributed by atoms with Gasteiger partial charge in [0.1, 0.15) is 0 Å². The highest BCUT2D eigenvalue weighted by atomic mass is 31.2. The standard InChI is InChI=1S/C28H60NO3P/c1-3-5-7-9-11-13-15-17-19-21-23-25-27-31-33(29,30)32-28-26-24-22-20-18-16-14-12-10-8-6-4-2/h3-28H2,1-2H3,(H2,29,30). The first-order valence-corrected chi connectivity index (χ1v) is 16.4. The molecule has 0 saturated heterocycles. The van der Waals surface area contributed by atoms with Crippen molar-refractivity contribution in [1.82, 2.24) is 0 Å². The lowest BCUT2D eigenvalue weighted by Gasteiger charge is -2.13. The van der Waals surface area contributed by atoms with Crippen molar-refractivity contribution in [3.63, 3.8) is 0 Å². The first kappa shape index (κ1) is 33.1. The molecule has 0 radical (unpaired) electrons. The molecule has 0 atom stereocenters. The van der Waals surface area contributed by atoms with Gasteiger partial charge in [0.15, 0.2) is 0 Å². The summed E-state index contributed by atoms with van der Waals surface area (Å²) in [7, 11) is -3.36. The van der Waals surface area contributed by atoms with Crippen LogP contribution in [0.15, 0.2) is 0 Å². The molecule has 0 fully saturated rings. The highest BCUT2D eigenvalue weighted by molar-refractivity contribution is 7.51. The van der Waals surface area contributed by atoms with Crippen molar-refractivity contribution in [1.29, 1.82) is 0 Å². The van der Waals surface area contributed by atoms with Gasteiger partial charge in [-0.15, -0.1) is 0 Å². The minimum absolute atomic E-state index is 0.448. The van der Waals surface area contributed by atoms with E-state index in [2.05, 4.69) is 13.8 Å². The topological polar surface area (TPSA) is 61.5 Å². The SMILES string of the molecule is CCCCCCCCCCCCCCOP(N)(=O)OCCCCCCCCCCCCCC.